The van der Waals surface area contributed by atoms with E-state index in [0.717, 1.165) is 21.3 Å². The largest absolute Gasteiger partial charge is 0.494 e. The molecule has 0 heterocycles. The number of hydrogen-bond donors (Lipinski definition) is 0. The maximum absolute atomic E-state index is 13.2. The van der Waals surface area contributed by atoms with Crippen LogP contribution in [0.2, 0.25) is 0 Å². The van der Waals surface area contributed by atoms with Gasteiger partial charge in [-0.15, -0.1) is 11.6 Å². The normalized spacial score (nSPS) is 12.2. The molecule has 106 valence electrons. The second-order valence-electron chi connectivity index (χ2n) is 4.42. The third kappa shape index (κ3) is 3.97. The van der Waals surface area contributed by atoms with E-state index in [1.54, 1.807) is 6.07 Å². The van der Waals surface area contributed by atoms with Gasteiger partial charge in [0.25, 0.3) is 0 Å². The molecule has 0 fully saturated rings. The van der Waals surface area contributed by atoms with E-state index in [9.17, 15) is 4.39 Å². The molecule has 1 atom stereocenters. The quantitative estimate of drug-likeness (QED) is 0.641. The molecule has 0 aliphatic carbocycles. The molecule has 4 heteroatoms. The van der Waals surface area contributed by atoms with Crippen molar-refractivity contribution >= 4 is 27.5 Å². The second-order valence-corrected chi connectivity index (χ2v) is 5.80. The van der Waals surface area contributed by atoms with Gasteiger partial charge in [0, 0.05) is 4.47 Å². The zero-order chi connectivity index (χ0) is 14.5. The van der Waals surface area contributed by atoms with Gasteiger partial charge in [-0.1, -0.05) is 34.1 Å². The lowest BCUT2D eigenvalue weighted by Gasteiger charge is -2.13. The minimum absolute atomic E-state index is 0.221. The van der Waals surface area contributed by atoms with E-state index in [0.29, 0.717) is 13.0 Å². The number of alkyl halides is 1. The zero-order valence-corrected chi connectivity index (χ0v) is 13.4. The van der Waals surface area contributed by atoms with E-state index in [1.807, 2.05) is 31.2 Å². The summed E-state index contributed by atoms with van der Waals surface area (Å²) >= 11 is 9.94. The lowest BCUT2D eigenvalue weighted by Crippen LogP contribution is -1.99. The maximum Gasteiger partial charge on any atom is 0.123 e. The maximum atomic E-state index is 13.2. The lowest BCUT2D eigenvalue weighted by molar-refractivity contribution is 0.340. The van der Waals surface area contributed by atoms with E-state index >= 15 is 0 Å². The van der Waals surface area contributed by atoms with E-state index in [2.05, 4.69) is 15.9 Å². The van der Waals surface area contributed by atoms with Gasteiger partial charge in [0.2, 0.25) is 0 Å². The first-order valence-corrected chi connectivity index (χ1v) is 7.64. The van der Waals surface area contributed by atoms with Crippen molar-refractivity contribution in [1.82, 2.24) is 0 Å². The van der Waals surface area contributed by atoms with Crippen LogP contribution in [0.1, 0.15) is 23.4 Å². The molecule has 0 aromatic heterocycles. The summed E-state index contributed by atoms with van der Waals surface area (Å²) in [6.45, 7) is 2.56. The summed E-state index contributed by atoms with van der Waals surface area (Å²) in [6, 6.07) is 12.2. The Kier molecular flexibility index (Phi) is 5.44. The van der Waals surface area contributed by atoms with Crippen molar-refractivity contribution < 1.29 is 9.13 Å². The fraction of sp³-hybridized carbons (Fsp3) is 0.250. The van der Waals surface area contributed by atoms with Gasteiger partial charge in [-0.3, -0.25) is 0 Å². The molecule has 0 saturated heterocycles. The standard InChI is InChI=1S/C16H15BrClFO/c1-2-20-13-6-7-14(15(17)10-13)16(18)9-11-4-3-5-12(19)8-11/h3-8,10,16H,2,9H2,1H3. The van der Waals surface area contributed by atoms with Gasteiger partial charge in [0.1, 0.15) is 11.6 Å². The van der Waals surface area contributed by atoms with Crippen molar-refractivity contribution in [3.8, 4) is 5.75 Å². The summed E-state index contributed by atoms with van der Waals surface area (Å²) in [7, 11) is 0. The molecule has 0 radical (unpaired) electrons. The first kappa shape index (κ1) is 15.3. The summed E-state index contributed by atoms with van der Waals surface area (Å²) in [5, 5.41) is -0.221. The Hall–Kier alpha value is -1.06. The molecule has 2 rings (SSSR count). The molecule has 2 aromatic carbocycles. The smallest absolute Gasteiger partial charge is 0.123 e. The highest BCUT2D eigenvalue weighted by Crippen LogP contribution is 2.33. The number of hydrogen-bond acceptors (Lipinski definition) is 1. The van der Waals surface area contributed by atoms with Crippen LogP contribution in [-0.4, -0.2) is 6.61 Å². The molecule has 1 unspecified atom stereocenters. The van der Waals surface area contributed by atoms with Gasteiger partial charge in [-0.2, -0.15) is 0 Å². The summed E-state index contributed by atoms with van der Waals surface area (Å²) in [6.07, 6.45) is 0.575. The minimum Gasteiger partial charge on any atom is -0.494 e. The first-order valence-electron chi connectivity index (χ1n) is 6.41. The molecule has 0 aliphatic heterocycles. The average Bonchev–Trinajstić information content (AvgIpc) is 2.39. The van der Waals surface area contributed by atoms with Crippen LogP contribution >= 0.6 is 27.5 Å². The molecule has 20 heavy (non-hydrogen) atoms. The van der Waals surface area contributed by atoms with Crippen molar-refractivity contribution in [3.63, 3.8) is 0 Å². The average molecular weight is 358 g/mol. The Morgan fingerprint density at radius 3 is 2.70 bits per heavy atom. The summed E-state index contributed by atoms with van der Waals surface area (Å²) in [5.41, 5.74) is 1.85. The molecule has 0 aliphatic rings. The number of benzene rings is 2. The minimum atomic E-state index is -0.239. The summed E-state index contributed by atoms with van der Waals surface area (Å²) < 4.78 is 19.5. The van der Waals surface area contributed by atoms with Gasteiger partial charge in [-0.05, 0) is 48.7 Å². The van der Waals surface area contributed by atoms with E-state index in [1.165, 1.54) is 12.1 Å². The van der Waals surface area contributed by atoms with Crippen molar-refractivity contribution in [1.29, 1.82) is 0 Å². The van der Waals surface area contributed by atoms with Crippen molar-refractivity contribution in [2.45, 2.75) is 18.7 Å². The van der Waals surface area contributed by atoms with Gasteiger partial charge >= 0.3 is 0 Å². The molecule has 0 amide bonds. The van der Waals surface area contributed by atoms with Crippen LogP contribution in [0.15, 0.2) is 46.9 Å². The summed E-state index contributed by atoms with van der Waals surface area (Å²) in [4.78, 5) is 0. The Bertz CT molecular complexity index is 588. The van der Waals surface area contributed by atoms with Crippen molar-refractivity contribution in [3.05, 3.63) is 63.9 Å². The monoisotopic (exact) mass is 356 g/mol. The fourth-order valence-corrected chi connectivity index (χ4v) is 3.13. The fourth-order valence-electron chi connectivity index (χ4n) is 2.00. The van der Waals surface area contributed by atoms with Crippen molar-refractivity contribution in [2.24, 2.45) is 0 Å². The van der Waals surface area contributed by atoms with E-state index in [-0.39, 0.29) is 11.2 Å². The van der Waals surface area contributed by atoms with Gasteiger partial charge < -0.3 is 4.74 Å². The Morgan fingerprint density at radius 2 is 2.05 bits per heavy atom. The molecule has 0 N–H and O–H groups in total. The topological polar surface area (TPSA) is 9.23 Å². The van der Waals surface area contributed by atoms with Crippen LogP contribution in [0.25, 0.3) is 0 Å². The van der Waals surface area contributed by atoms with Crippen LogP contribution in [-0.2, 0) is 6.42 Å². The number of ether oxygens (including phenoxy) is 1. The van der Waals surface area contributed by atoms with Crippen LogP contribution in [0.5, 0.6) is 5.75 Å². The highest BCUT2D eigenvalue weighted by molar-refractivity contribution is 9.10. The first-order chi connectivity index (χ1) is 9.60. The van der Waals surface area contributed by atoms with Crippen LogP contribution in [0.4, 0.5) is 4.39 Å². The number of rotatable bonds is 5. The van der Waals surface area contributed by atoms with Crippen LogP contribution in [0.3, 0.4) is 0 Å². The second kappa shape index (κ2) is 7.09. The molecular formula is C16H15BrClFO. The molecule has 0 saturated carbocycles. The van der Waals surface area contributed by atoms with Crippen LogP contribution < -0.4 is 4.74 Å². The molecule has 2 aromatic rings. The Morgan fingerprint density at radius 1 is 1.25 bits per heavy atom. The summed E-state index contributed by atoms with van der Waals surface area (Å²) in [5.74, 6) is 0.565. The van der Waals surface area contributed by atoms with E-state index < -0.39 is 0 Å². The predicted molar refractivity (Wildman–Crippen MR) is 84.0 cm³/mol. The molecule has 0 spiro atoms. The lowest BCUT2D eigenvalue weighted by atomic mass is 10.0. The predicted octanol–water partition coefficient (Wildman–Crippen LogP) is 5.51. The van der Waals surface area contributed by atoms with Crippen LogP contribution in [0, 0.1) is 5.82 Å². The highest BCUT2D eigenvalue weighted by Gasteiger charge is 2.13. The van der Waals surface area contributed by atoms with Crippen molar-refractivity contribution in [2.75, 3.05) is 6.61 Å². The SMILES string of the molecule is CCOc1ccc(C(Cl)Cc2cccc(F)c2)c(Br)c1. The number of halogens is 3. The Balaban J connectivity index is 2.14. The molecule has 0 bridgehead atoms. The highest BCUT2D eigenvalue weighted by atomic mass is 79.9. The Labute approximate surface area is 131 Å². The third-order valence-corrected chi connectivity index (χ3v) is 4.00. The molecular weight excluding hydrogens is 343 g/mol. The van der Waals surface area contributed by atoms with E-state index in [4.69, 9.17) is 16.3 Å². The van der Waals surface area contributed by atoms with Gasteiger partial charge in [0.05, 0.1) is 12.0 Å². The zero-order valence-electron chi connectivity index (χ0n) is 11.1. The van der Waals surface area contributed by atoms with Gasteiger partial charge in [-0.25, -0.2) is 4.39 Å². The van der Waals surface area contributed by atoms with Gasteiger partial charge in [0.15, 0.2) is 0 Å². The molecule has 1 nitrogen and oxygen atoms in total. The third-order valence-electron chi connectivity index (χ3n) is 2.92.